The van der Waals surface area contributed by atoms with Gasteiger partial charge in [-0.15, -0.1) is 0 Å². The van der Waals surface area contributed by atoms with Crippen LogP contribution in [0.2, 0.25) is 0 Å². The summed E-state index contributed by atoms with van der Waals surface area (Å²) in [5.41, 5.74) is 0.350. The van der Waals surface area contributed by atoms with Gasteiger partial charge < -0.3 is 15.5 Å². The van der Waals surface area contributed by atoms with Crippen LogP contribution in [0.4, 0.5) is 4.79 Å². The fourth-order valence-corrected chi connectivity index (χ4v) is 5.64. The van der Waals surface area contributed by atoms with Crippen LogP contribution in [0.3, 0.4) is 0 Å². The van der Waals surface area contributed by atoms with Crippen LogP contribution in [0.1, 0.15) is 24.2 Å². The molecule has 0 aliphatic carbocycles. The number of H-pyrrole nitrogens is 1. The molecule has 1 aromatic rings. The van der Waals surface area contributed by atoms with Crippen LogP contribution in [0, 0.1) is 5.92 Å². The maximum atomic E-state index is 12.4. The normalized spacial score (nSPS) is 28.0. The highest BCUT2D eigenvalue weighted by Gasteiger charge is 2.53. The van der Waals surface area contributed by atoms with Crippen LogP contribution in [-0.2, 0) is 9.84 Å². The number of aromatic nitrogens is 2. The Morgan fingerprint density at radius 1 is 1.38 bits per heavy atom. The average Bonchev–Trinajstić information content (AvgIpc) is 3.18. The molecule has 0 radical (unpaired) electrons. The van der Waals surface area contributed by atoms with E-state index in [2.05, 4.69) is 20.8 Å². The number of carbonyl (C=O) groups is 2. The van der Waals surface area contributed by atoms with Gasteiger partial charge in [-0.2, -0.15) is 5.10 Å². The summed E-state index contributed by atoms with van der Waals surface area (Å²) in [6.07, 6.45) is 2.83. The van der Waals surface area contributed by atoms with E-state index in [0.29, 0.717) is 12.1 Å². The molecule has 3 amide bonds. The van der Waals surface area contributed by atoms with Crippen LogP contribution in [-0.4, -0.2) is 71.6 Å². The Labute approximate surface area is 140 Å². The number of sulfone groups is 1. The minimum atomic E-state index is -3.34. The molecule has 3 heterocycles. The van der Waals surface area contributed by atoms with Crippen molar-refractivity contribution in [2.75, 3.05) is 18.8 Å². The maximum Gasteiger partial charge on any atom is 0.317 e. The number of aromatic amines is 1. The largest absolute Gasteiger partial charge is 0.348 e. The Kier molecular flexibility index (Phi) is 4.24. The third-order valence-corrected chi connectivity index (χ3v) is 6.72. The van der Waals surface area contributed by atoms with Gasteiger partial charge in [0.1, 0.15) is 0 Å². The predicted octanol–water partition coefficient (Wildman–Crippen LogP) is -0.645. The van der Waals surface area contributed by atoms with E-state index in [-0.39, 0.29) is 36.2 Å². The second-order valence-electron chi connectivity index (χ2n) is 6.61. The van der Waals surface area contributed by atoms with Crippen molar-refractivity contribution in [2.24, 2.45) is 5.92 Å². The van der Waals surface area contributed by atoms with E-state index in [1.165, 1.54) is 17.3 Å². The zero-order valence-corrected chi connectivity index (χ0v) is 14.3. The number of carbonyl (C=O) groups excluding carboxylic acids is 2. The zero-order chi connectivity index (χ0) is 17.5. The first-order valence-electron chi connectivity index (χ1n) is 7.84. The van der Waals surface area contributed by atoms with Gasteiger partial charge in [0.15, 0.2) is 9.84 Å². The fraction of sp³-hybridized carbons (Fsp3) is 0.643. The number of hydrogen-bond donors (Lipinski definition) is 3. The minimum Gasteiger partial charge on any atom is -0.348 e. The van der Waals surface area contributed by atoms with Crippen molar-refractivity contribution >= 4 is 21.8 Å². The van der Waals surface area contributed by atoms with E-state index in [9.17, 15) is 18.0 Å². The Hall–Kier alpha value is -2.10. The van der Waals surface area contributed by atoms with Gasteiger partial charge in [-0.05, 0) is 13.8 Å². The topological polar surface area (TPSA) is 124 Å². The van der Waals surface area contributed by atoms with Gasteiger partial charge in [0.25, 0.3) is 5.91 Å². The average molecular weight is 355 g/mol. The second-order valence-corrected chi connectivity index (χ2v) is 8.87. The summed E-state index contributed by atoms with van der Waals surface area (Å²) >= 11 is 0. The SMILES string of the molecule is CC(C)NC(=O)N1C[C@H]2[C@H](NC(=O)c3cn[nH]c3)CS(=O)(=O)[C@H]2C1. The van der Waals surface area contributed by atoms with Crippen molar-refractivity contribution in [3.05, 3.63) is 18.0 Å². The van der Waals surface area contributed by atoms with Crippen LogP contribution in [0.5, 0.6) is 0 Å². The highest BCUT2D eigenvalue weighted by atomic mass is 32.2. The number of amides is 3. The van der Waals surface area contributed by atoms with Crippen LogP contribution >= 0.6 is 0 Å². The van der Waals surface area contributed by atoms with Crippen molar-refractivity contribution in [2.45, 2.75) is 31.2 Å². The van der Waals surface area contributed by atoms with Gasteiger partial charge in [0, 0.05) is 37.3 Å². The molecule has 132 valence electrons. The molecule has 2 saturated heterocycles. The molecule has 0 spiro atoms. The molecule has 1 aromatic heterocycles. The van der Waals surface area contributed by atoms with Gasteiger partial charge in [0.2, 0.25) is 0 Å². The molecule has 0 bridgehead atoms. The summed E-state index contributed by atoms with van der Waals surface area (Å²) in [5, 5.41) is 11.2. The standard InChI is InChI=1S/C14H21N5O4S/c1-8(2)17-14(21)19-5-10-11(7-24(22,23)12(10)6-19)18-13(20)9-3-15-16-4-9/h3-4,8,10-12H,5-7H2,1-2H3,(H,15,16)(H,17,21)(H,18,20)/t10-,11+,12-/m0/s1. The smallest absolute Gasteiger partial charge is 0.317 e. The van der Waals surface area contributed by atoms with E-state index in [1.54, 1.807) is 0 Å². The van der Waals surface area contributed by atoms with Crippen molar-refractivity contribution in [3.63, 3.8) is 0 Å². The van der Waals surface area contributed by atoms with Crippen LogP contribution in [0.15, 0.2) is 12.4 Å². The molecule has 2 fully saturated rings. The third kappa shape index (κ3) is 3.10. The van der Waals surface area contributed by atoms with Crippen LogP contribution < -0.4 is 10.6 Å². The highest BCUT2D eigenvalue weighted by molar-refractivity contribution is 7.92. The molecule has 2 aliphatic heterocycles. The molecule has 3 atom stereocenters. The second kappa shape index (κ2) is 6.08. The fourth-order valence-electron chi connectivity index (χ4n) is 3.34. The minimum absolute atomic E-state index is 0.0221. The van der Waals surface area contributed by atoms with E-state index in [4.69, 9.17) is 0 Å². The molecule has 10 heteroatoms. The molecular weight excluding hydrogens is 334 g/mol. The lowest BCUT2D eigenvalue weighted by molar-refractivity contribution is 0.0931. The summed E-state index contributed by atoms with van der Waals surface area (Å²) in [5.74, 6) is -0.746. The predicted molar refractivity (Wildman–Crippen MR) is 86.1 cm³/mol. The molecule has 3 rings (SSSR count). The lowest BCUT2D eigenvalue weighted by Gasteiger charge is -2.22. The third-order valence-electron chi connectivity index (χ3n) is 4.48. The van der Waals surface area contributed by atoms with Gasteiger partial charge in [0.05, 0.1) is 22.8 Å². The summed E-state index contributed by atoms with van der Waals surface area (Å²) in [6, 6.07) is -0.792. The van der Waals surface area contributed by atoms with Crippen molar-refractivity contribution < 1.29 is 18.0 Å². The summed E-state index contributed by atoms with van der Waals surface area (Å²) < 4.78 is 24.8. The molecule has 2 aliphatic rings. The first-order chi connectivity index (χ1) is 11.3. The Morgan fingerprint density at radius 3 is 2.75 bits per heavy atom. The Morgan fingerprint density at radius 2 is 2.12 bits per heavy atom. The Bertz CT molecular complexity index is 730. The quantitative estimate of drug-likeness (QED) is 0.665. The number of rotatable bonds is 3. The molecule has 24 heavy (non-hydrogen) atoms. The molecule has 0 unspecified atom stereocenters. The highest BCUT2D eigenvalue weighted by Crippen LogP contribution is 2.34. The van der Waals surface area contributed by atoms with E-state index in [0.717, 1.165) is 0 Å². The Balaban J connectivity index is 1.72. The molecule has 0 saturated carbocycles. The van der Waals surface area contributed by atoms with E-state index >= 15 is 0 Å². The van der Waals surface area contributed by atoms with Crippen LogP contribution in [0.25, 0.3) is 0 Å². The first kappa shape index (κ1) is 16.7. The van der Waals surface area contributed by atoms with E-state index in [1.807, 2.05) is 13.8 Å². The number of urea groups is 1. The lowest BCUT2D eigenvalue weighted by Crippen LogP contribution is -2.45. The number of fused-ring (bicyclic) bond motifs is 1. The zero-order valence-electron chi connectivity index (χ0n) is 13.5. The van der Waals surface area contributed by atoms with Crippen molar-refractivity contribution in [3.8, 4) is 0 Å². The number of likely N-dealkylation sites (tertiary alicyclic amines) is 1. The summed E-state index contributed by atoms with van der Waals surface area (Å²) in [4.78, 5) is 25.8. The van der Waals surface area contributed by atoms with Gasteiger partial charge >= 0.3 is 6.03 Å². The van der Waals surface area contributed by atoms with Gasteiger partial charge in [-0.25, -0.2) is 13.2 Å². The number of hydrogen-bond acceptors (Lipinski definition) is 5. The first-order valence-corrected chi connectivity index (χ1v) is 9.56. The van der Waals surface area contributed by atoms with Gasteiger partial charge in [-0.1, -0.05) is 0 Å². The molecule has 3 N–H and O–H groups in total. The molecule has 9 nitrogen and oxygen atoms in total. The van der Waals surface area contributed by atoms with Crippen molar-refractivity contribution in [1.29, 1.82) is 0 Å². The van der Waals surface area contributed by atoms with Crippen molar-refractivity contribution in [1.82, 2.24) is 25.7 Å². The molecular formula is C14H21N5O4S. The lowest BCUT2D eigenvalue weighted by atomic mass is 10.0. The van der Waals surface area contributed by atoms with E-state index < -0.39 is 21.1 Å². The van der Waals surface area contributed by atoms with Gasteiger partial charge in [-0.3, -0.25) is 9.89 Å². The monoisotopic (exact) mass is 355 g/mol. The maximum absolute atomic E-state index is 12.4. The molecule has 0 aromatic carbocycles. The summed E-state index contributed by atoms with van der Waals surface area (Å²) in [7, 11) is -3.34. The number of nitrogens with zero attached hydrogens (tertiary/aromatic N) is 2. The summed E-state index contributed by atoms with van der Waals surface area (Å²) in [6.45, 7) is 4.18. The number of nitrogens with one attached hydrogen (secondary N) is 3.